The number of rotatable bonds is 2. The monoisotopic (exact) mass is 336 g/mol. The molecule has 1 N–H and O–H groups in total. The summed E-state index contributed by atoms with van der Waals surface area (Å²) in [5.74, 6) is -0.0866. The van der Waals surface area contributed by atoms with Crippen molar-refractivity contribution in [3.8, 4) is 0 Å². The highest BCUT2D eigenvalue weighted by Crippen LogP contribution is 2.41. The number of hydrogen-bond acceptors (Lipinski definition) is 3. The normalized spacial score (nSPS) is 24.3. The van der Waals surface area contributed by atoms with E-state index in [0.717, 1.165) is 36.1 Å². The van der Waals surface area contributed by atoms with Gasteiger partial charge in [0.15, 0.2) is 0 Å². The second-order valence-electron chi connectivity index (χ2n) is 7.20. The number of carbonyl (C=O) groups is 1. The summed E-state index contributed by atoms with van der Waals surface area (Å²) < 4.78 is 27.7. The molecule has 23 heavy (non-hydrogen) atoms. The fourth-order valence-electron chi connectivity index (χ4n) is 3.52. The van der Waals surface area contributed by atoms with Gasteiger partial charge in [-0.05, 0) is 63.8 Å². The minimum Gasteiger partial charge on any atom is -0.325 e. The van der Waals surface area contributed by atoms with Gasteiger partial charge in [0.1, 0.15) is 0 Å². The fourth-order valence-corrected chi connectivity index (χ4v) is 5.33. The maximum absolute atomic E-state index is 13.1. The lowest BCUT2D eigenvalue weighted by atomic mass is 9.85. The summed E-state index contributed by atoms with van der Waals surface area (Å²) in [6.07, 6.45) is 2.87. The van der Waals surface area contributed by atoms with Crippen LogP contribution >= 0.6 is 0 Å². The zero-order chi connectivity index (χ0) is 17.0. The first-order chi connectivity index (χ1) is 10.7. The zero-order valence-corrected chi connectivity index (χ0v) is 15.0. The molecule has 2 aliphatic rings. The van der Waals surface area contributed by atoms with Crippen LogP contribution in [-0.4, -0.2) is 31.2 Å². The number of aryl methyl sites for hydroxylation is 1. The summed E-state index contributed by atoms with van der Waals surface area (Å²) in [5, 5.41) is 2.88. The molecule has 1 amide bonds. The third-order valence-corrected chi connectivity index (χ3v) is 7.13. The van der Waals surface area contributed by atoms with Gasteiger partial charge < -0.3 is 5.32 Å². The van der Waals surface area contributed by atoms with Gasteiger partial charge >= 0.3 is 0 Å². The Morgan fingerprint density at radius 1 is 1.26 bits per heavy atom. The molecule has 2 aliphatic heterocycles. The molecule has 0 radical (unpaired) electrons. The second kappa shape index (κ2) is 5.31. The van der Waals surface area contributed by atoms with E-state index in [4.69, 9.17) is 0 Å². The Balaban J connectivity index is 2.10. The number of nitrogens with zero attached hydrogens (tertiary/aromatic N) is 1. The fraction of sp³-hybridized carbons (Fsp3) is 0.588. The van der Waals surface area contributed by atoms with Crippen LogP contribution in [0.25, 0.3) is 0 Å². The predicted octanol–water partition coefficient (Wildman–Crippen LogP) is 2.79. The van der Waals surface area contributed by atoms with Crippen LogP contribution in [0.2, 0.25) is 0 Å². The Bertz CT molecular complexity index is 768. The minimum atomic E-state index is -3.53. The van der Waals surface area contributed by atoms with Crippen LogP contribution in [-0.2, 0) is 20.2 Å². The highest BCUT2D eigenvalue weighted by molar-refractivity contribution is 7.89. The van der Waals surface area contributed by atoms with Crippen molar-refractivity contribution in [2.24, 2.45) is 0 Å². The average molecular weight is 336 g/mol. The topological polar surface area (TPSA) is 66.5 Å². The molecule has 5 nitrogen and oxygen atoms in total. The maximum atomic E-state index is 13.1. The number of hydrogen-bond donors (Lipinski definition) is 1. The Morgan fingerprint density at radius 2 is 1.96 bits per heavy atom. The van der Waals surface area contributed by atoms with Gasteiger partial charge in [0.25, 0.3) is 0 Å². The van der Waals surface area contributed by atoms with Crippen LogP contribution in [0.15, 0.2) is 17.0 Å². The van der Waals surface area contributed by atoms with Gasteiger partial charge in [0.2, 0.25) is 15.9 Å². The van der Waals surface area contributed by atoms with Gasteiger partial charge in [-0.2, -0.15) is 4.31 Å². The van der Waals surface area contributed by atoms with Gasteiger partial charge in [0.05, 0.1) is 10.3 Å². The van der Waals surface area contributed by atoms with Crippen molar-refractivity contribution >= 4 is 21.6 Å². The van der Waals surface area contributed by atoms with Gasteiger partial charge in [-0.1, -0.05) is 6.42 Å². The van der Waals surface area contributed by atoms with E-state index in [-0.39, 0.29) is 11.9 Å². The van der Waals surface area contributed by atoms with Crippen molar-refractivity contribution < 1.29 is 13.2 Å². The number of anilines is 1. The first-order valence-corrected chi connectivity index (χ1v) is 9.58. The molecule has 1 saturated heterocycles. The summed E-state index contributed by atoms with van der Waals surface area (Å²) in [4.78, 5) is 12.4. The molecule has 3 rings (SSSR count). The molecule has 6 heteroatoms. The molecule has 126 valence electrons. The lowest BCUT2D eigenvalue weighted by Gasteiger charge is -2.32. The van der Waals surface area contributed by atoms with Gasteiger partial charge in [-0.15, -0.1) is 0 Å². The first-order valence-electron chi connectivity index (χ1n) is 8.14. The molecule has 1 aromatic carbocycles. The van der Waals surface area contributed by atoms with E-state index in [9.17, 15) is 13.2 Å². The largest absolute Gasteiger partial charge is 0.325 e. The van der Waals surface area contributed by atoms with E-state index in [1.54, 1.807) is 16.4 Å². The van der Waals surface area contributed by atoms with Gasteiger partial charge in [0, 0.05) is 18.3 Å². The molecular weight excluding hydrogens is 312 g/mol. The second-order valence-corrected chi connectivity index (χ2v) is 9.09. The van der Waals surface area contributed by atoms with Crippen molar-refractivity contribution in [3.05, 3.63) is 23.3 Å². The van der Waals surface area contributed by atoms with Crippen molar-refractivity contribution in [3.63, 3.8) is 0 Å². The molecule has 1 aromatic rings. The van der Waals surface area contributed by atoms with E-state index < -0.39 is 15.4 Å². The number of piperidine rings is 1. The van der Waals surface area contributed by atoms with Gasteiger partial charge in [-0.3, -0.25) is 4.79 Å². The zero-order valence-electron chi connectivity index (χ0n) is 14.1. The summed E-state index contributed by atoms with van der Waals surface area (Å²) in [5.41, 5.74) is 1.61. The summed E-state index contributed by atoms with van der Waals surface area (Å²) in [7, 11) is -3.53. The minimum absolute atomic E-state index is 0.0232. The predicted molar refractivity (Wildman–Crippen MR) is 90.0 cm³/mol. The molecule has 0 aliphatic carbocycles. The summed E-state index contributed by atoms with van der Waals surface area (Å²) in [6, 6.07) is 3.38. The molecule has 0 spiro atoms. The average Bonchev–Trinajstić information content (AvgIpc) is 2.71. The molecule has 1 atom stereocenters. The van der Waals surface area contributed by atoms with Crippen LogP contribution < -0.4 is 5.32 Å². The third kappa shape index (κ3) is 2.48. The SMILES string of the molecule is Cc1cc(S(=O)(=O)N2CCCC[C@@H]2C)cc2c1NC(=O)C2(C)C. The van der Waals surface area contributed by atoms with E-state index in [0.29, 0.717) is 11.4 Å². The standard InChI is InChI=1S/C17H24N2O3S/c1-11-9-13(10-14-15(11)18-16(20)17(14,3)4)23(21,22)19-8-6-5-7-12(19)2/h9-10,12H,5-8H2,1-4H3,(H,18,20)/t12-/m0/s1. The molecular formula is C17H24N2O3S. The van der Waals surface area contributed by atoms with E-state index in [1.165, 1.54) is 0 Å². The van der Waals surface area contributed by atoms with Crippen LogP contribution in [0.1, 0.15) is 51.2 Å². The number of sulfonamides is 1. The molecule has 0 unspecified atom stereocenters. The van der Waals surface area contributed by atoms with Crippen molar-refractivity contribution in [1.29, 1.82) is 0 Å². The van der Waals surface area contributed by atoms with E-state index >= 15 is 0 Å². The number of nitrogens with one attached hydrogen (secondary N) is 1. The van der Waals surface area contributed by atoms with Crippen LogP contribution in [0.4, 0.5) is 5.69 Å². The van der Waals surface area contributed by atoms with Crippen LogP contribution in [0.3, 0.4) is 0 Å². The molecule has 0 bridgehead atoms. The molecule has 0 saturated carbocycles. The molecule has 2 heterocycles. The van der Waals surface area contributed by atoms with E-state index in [1.807, 2.05) is 27.7 Å². The highest BCUT2D eigenvalue weighted by atomic mass is 32.2. The number of carbonyl (C=O) groups excluding carboxylic acids is 1. The third-order valence-electron chi connectivity index (χ3n) is 5.14. The number of amides is 1. The van der Waals surface area contributed by atoms with Crippen molar-refractivity contribution in [2.75, 3.05) is 11.9 Å². The summed E-state index contributed by atoms with van der Waals surface area (Å²) in [6.45, 7) is 8.03. The van der Waals surface area contributed by atoms with Crippen LogP contribution in [0.5, 0.6) is 0 Å². The smallest absolute Gasteiger partial charge is 0.243 e. The summed E-state index contributed by atoms with van der Waals surface area (Å²) >= 11 is 0. The van der Waals surface area contributed by atoms with Crippen molar-refractivity contribution in [1.82, 2.24) is 4.31 Å². The lowest BCUT2D eigenvalue weighted by molar-refractivity contribution is -0.119. The number of fused-ring (bicyclic) bond motifs is 1. The Kier molecular flexibility index (Phi) is 3.80. The first kappa shape index (κ1) is 16.5. The quantitative estimate of drug-likeness (QED) is 0.903. The van der Waals surface area contributed by atoms with E-state index in [2.05, 4.69) is 5.32 Å². The lowest BCUT2D eigenvalue weighted by Crippen LogP contribution is -2.42. The van der Waals surface area contributed by atoms with Crippen LogP contribution in [0, 0.1) is 6.92 Å². The number of benzene rings is 1. The molecule has 1 fully saturated rings. The maximum Gasteiger partial charge on any atom is 0.243 e. The Morgan fingerprint density at radius 3 is 2.61 bits per heavy atom. The molecule has 0 aromatic heterocycles. The van der Waals surface area contributed by atoms with Crippen molar-refractivity contribution in [2.45, 2.75) is 63.3 Å². The Hall–Kier alpha value is -1.40. The highest BCUT2D eigenvalue weighted by Gasteiger charge is 2.41. The Labute approximate surface area is 138 Å². The van der Waals surface area contributed by atoms with Gasteiger partial charge in [-0.25, -0.2) is 8.42 Å².